The van der Waals surface area contributed by atoms with Gasteiger partial charge in [0.25, 0.3) is 0 Å². The molecule has 112 valence electrons. The monoisotopic (exact) mass is 280 g/mol. The first-order valence-electron chi connectivity index (χ1n) is 7.14. The third-order valence-electron chi connectivity index (χ3n) is 3.61. The average Bonchev–Trinajstić information content (AvgIpc) is 2.55. The fourth-order valence-corrected chi connectivity index (χ4v) is 2.35. The molecule has 0 fully saturated rings. The molecule has 2 aliphatic carbocycles. The number of esters is 2. The molecular weight excluding hydrogens is 256 g/mol. The highest BCUT2D eigenvalue weighted by Gasteiger charge is 2.19. The summed E-state index contributed by atoms with van der Waals surface area (Å²) in [6.45, 7) is 0. The van der Waals surface area contributed by atoms with Crippen LogP contribution in [0.3, 0.4) is 0 Å². The van der Waals surface area contributed by atoms with Gasteiger partial charge in [-0.2, -0.15) is 0 Å². The molecule has 0 heterocycles. The fourth-order valence-electron chi connectivity index (χ4n) is 2.35. The molecule has 0 aliphatic heterocycles. The van der Waals surface area contributed by atoms with Crippen LogP contribution < -0.4 is 0 Å². The van der Waals surface area contributed by atoms with Gasteiger partial charge in [0.05, 0.1) is 26.1 Å². The Labute approximate surface area is 120 Å². The largest absolute Gasteiger partial charge is 0.469 e. The van der Waals surface area contributed by atoms with E-state index in [1.807, 2.05) is 12.2 Å². The van der Waals surface area contributed by atoms with Gasteiger partial charge in [0.1, 0.15) is 0 Å². The van der Waals surface area contributed by atoms with Crippen LogP contribution in [0.5, 0.6) is 0 Å². The molecule has 0 amide bonds. The zero-order chi connectivity index (χ0) is 14.8. The van der Waals surface area contributed by atoms with E-state index in [9.17, 15) is 9.59 Å². The van der Waals surface area contributed by atoms with E-state index in [1.54, 1.807) is 0 Å². The summed E-state index contributed by atoms with van der Waals surface area (Å²) in [4.78, 5) is 21.8. The Hall–Kier alpha value is -1.58. The van der Waals surface area contributed by atoms with Crippen molar-refractivity contribution in [1.29, 1.82) is 0 Å². The summed E-state index contributed by atoms with van der Waals surface area (Å²) in [5.41, 5.74) is 0. The number of methoxy groups -OCH3 is 2. The molecular formula is C16H24O4. The van der Waals surface area contributed by atoms with Gasteiger partial charge in [-0.25, -0.2) is 0 Å². The van der Waals surface area contributed by atoms with Crippen LogP contribution in [0.4, 0.5) is 0 Å². The van der Waals surface area contributed by atoms with Crippen LogP contribution in [0.2, 0.25) is 0 Å². The standard InChI is InChI=1S/2C8H12O2/c2*1-10-8(9)7-5-3-2-4-6-7/h2*2-3,7H,4-6H2,1H3/t7-;/m0./s1. The first kappa shape index (κ1) is 16.5. The van der Waals surface area contributed by atoms with Gasteiger partial charge >= 0.3 is 11.9 Å². The number of carbonyl (C=O) groups is 2. The van der Waals surface area contributed by atoms with Crippen molar-refractivity contribution in [2.24, 2.45) is 11.8 Å². The predicted molar refractivity (Wildman–Crippen MR) is 77.0 cm³/mol. The van der Waals surface area contributed by atoms with Gasteiger partial charge in [-0.1, -0.05) is 24.3 Å². The van der Waals surface area contributed by atoms with Gasteiger partial charge in [0.2, 0.25) is 0 Å². The van der Waals surface area contributed by atoms with E-state index in [-0.39, 0.29) is 23.8 Å². The Morgan fingerprint density at radius 2 is 1.20 bits per heavy atom. The summed E-state index contributed by atoms with van der Waals surface area (Å²) in [6, 6.07) is 0. The van der Waals surface area contributed by atoms with Crippen molar-refractivity contribution in [3.63, 3.8) is 0 Å². The molecule has 4 heteroatoms. The van der Waals surface area contributed by atoms with Gasteiger partial charge in [-0.05, 0) is 38.5 Å². The number of hydrogen-bond acceptors (Lipinski definition) is 4. The first-order valence-corrected chi connectivity index (χ1v) is 7.14. The van der Waals surface area contributed by atoms with Gasteiger partial charge in [0, 0.05) is 0 Å². The van der Waals surface area contributed by atoms with Crippen molar-refractivity contribution in [2.45, 2.75) is 38.5 Å². The number of hydrogen-bond donors (Lipinski definition) is 0. The molecule has 20 heavy (non-hydrogen) atoms. The summed E-state index contributed by atoms with van der Waals surface area (Å²) >= 11 is 0. The zero-order valence-corrected chi connectivity index (χ0v) is 12.3. The van der Waals surface area contributed by atoms with Crippen molar-refractivity contribution in [2.75, 3.05) is 14.2 Å². The molecule has 0 saturated carbocycles. The van der Waals surface area contributed by atoms with Crippen LogP contribution in [0.25, 0.3) is 0 Å². The third kappa shape index (κ3) is 5.59. The van der Waals surface area contributed by atoms with E-state index in [1.165, 1.54) is 14.2 Å². The lowest BCUT2D eigenvalue weighted by molar-refractivity contribution is -0.146. The van der Waals surface area contributed by atoms with E-state index >= 15 is 0 Å². The molecule has 4 nitrogen and oxygen atoms in total. The van der Waals surface area contributed by atoms with Crippen LogP contribution in [-0.2, 0) is 19.1 Å². The Kier molecular flexibility index (Phi) is 7.70. The van der Waals surface area contributed by atoms with Gasteiger partial charge in [-0.15, -0.1) is 0 Å². The second kappa shape index (κ2) is 9.34. The Morgan fingerprint density at radius 3 is 1.45 bits per heavy atom. The number of allylic oxidation sites excluding steroid dienone is 4. The molecule has 0 N–H and O–H groups in total. The Bertz CT molecular complexity index is 335. The van der Waals surface area contributed by atoms with Crippen LogP contribution in [0.1, 0.15) is 38.5 Å². The number of carbonyl (C=O) groups excluding carboxylic acids is 2. The smallest absolute Gasteiger partial charge is 0.308 e. The van der Waals surface area contributed by atoms with Crippen LogP contribution >= 0.6 is 0 Å². The first-order chi connectivity index (χ1) is 9.69. The molecule has 0 spiro atoms. The Balaban J connectivity index is 0.000000200. The molecule has 2 atom stereocenters. The highest BCUT2D eigenvalue weighted by molar-refractivity contribution is 5.73. The lowest BCUT2D eigenvalue weighted by atomic mass is 9.95. The van der Waals surface area contributed by atoms with Crippen molar-refractivity contribution in [1.82, 2.24) is 0 Å². The third-order valence-corrected chi connectivity index (χ3v) is 3.61. The SMILES string of the molecule is COC(=O)C1CC=CCC1.COC(=O)[C@H]1CC=CCC1. The summed E-state index contributed by atoms with van der Waals surface area (Å²) in [7, 11) is 2.89. The minimum atomic E-state index is -0.0654. The van der Waals surface area contributed by atoms with Crippen LogP contribution in [0, 0.1) is 11.8 Å². The maximum atomic E-state index is 10.9. The van der Waals surface area contributed by atoms with E-state index in [2.05, 4.69) is 21.6 Å². The van der Waals surface area contributed by atoms with Crippen molar-refractivity contribution in [3.05, 3.63) is 24.3 Å². The van der Waals surface area contributed by atoms with E-state index < -0.39 is 0 Å². The molecule has 0 aromatic rings. The van der Waals surface area contributed by atoms with Crippen LogP contribution in [-0.4, -0.2) is 26.2 Å². The number of rotatable bonds is 2. The topological polar surface area (TPSA) is 52.6 Å². The Morgan fingerprint density at radius 1 is 0.800 bits per heavy atom. The zero-order valence-electron chi connectivity index (χ0n) is 12.3. The van der Waals surface area contributed by atoms with Gasteiger partial charge < -0.3 is 9.47 Å². The molecule has 1 unspecified atom stereocenters. The fraction of sp³-hybridized carbons (Fsp3) is 0.625. The lowest BCUT2D eigenvalue weighted by Crippen LogP contribution is -2.16. The molecule has 0 aromatic carbocycles. The van der Waals surface area contributed by atoms with E-state index in [0.717, 1.165) is 38.5 Å². The summed E-state index contributed by atoms with van der Waals surface area (Å²) in [5, 5.41) is 0. The second-order valence-corrected chi connectivity index (χ2v) is 5.01. The lowest BCUT2D eigenvalue weighted by Gasteiger charge is -2.13. The average molecular weight is 280 g/mol. The minimum Gasteiger partial charge on any atom is -0.469 e. The minimum absolute atomic E-state index is 0.0654. The maximum Gasteiger partial charge on any atom is 0.308 e. The molecule has 2 rings (SSSR count). The predicted octanol–water partition coefficient (Wildman–Crippen LogP) is 3.03. The molecule has 0 bridgehead atoms. The second-order valence-electron chi connectivity index (χ2n) is 5.01. The van der Waals surface area contributed by atoms with Gasteiger partial charge in [0.15, 0.2) is 0 Å². The summed E-state index contributed by atoms with van der Waals surface area (Å²) < 4.78 is 9.23. The summed E-state index contributed by atoms with van der Waals surface area (Å²) in [6.07, 6.45) is 13.9. The van der Waals surface area contributed by atoms with Crippen molar-refractivity contribution in [3.8, 4) is 0 Å². The maximum absolute atomic E-state index is 10.9. The van der Waals surface area contributed by atoms with E-state index in [4.69, 9.17) is 0 Å². The normalized spacial score (nSPS) is 24.3. The molecule has 0 radical (unpaired) electrons. The van der Waals surface area contributed by atoms with Crippen molar-refractivity contribution >= 4 is 11.9 Å². The van der Waals surface area contributed by atoms with Gasteiger partial charge in [-0.3, -0.25) is 9.59 Å². The molecule has 2 aliphatic rings. The number of ether oxygens (including phenoxy) is 2. The van der Waals surface area contributed by atoms with E-state index in [0.29, 0.717) is 0 Å². The molecule has 0 aromatic heterocycles. The van der Waals surface area contributed by atoms with Crippen LogP contribution in [0.15, 0.2) is 24.3 Å². The summed E-state index contributed by atoms with van der Waals surface area (Å²) in [5.74, 6) is 0.110. The van der Waals surface area contributed by atoms with Crippen molar-refractivity contribution < 1.29 is 19.1 Å². The highest BCUT2D eigenvalue weighted by Crippen LogP contribution is 2.19. The quantitative estimate of drug-likeness (QED) is 0.576. The molecule has 0 saturated heterocycles. The highest BCUT2D eigenvalue weighted by atomic mass is 16.5.